The van der Waals surface area contributed by atoms with Crippen molar-refractivity contribution in [1.29, 1.82) is 0 Å². The van der Waals surface area contributed by atoms with Crippen LogP contribution in [0.15, 0.2) is 0 Å². The highest BCUT2D eigenvalue weighted by Gasteiger charge is 2.46. The van der Waals surface area contributed by atoms with Crippen molar-refractivity contribution in [2.24, 2.45) is 23.7 Å². The van der Waals surface area contributed by atoms with Gasteiger partial charge in [-0.05, 0) is 38.0 Å². The zero-order valence-electron chi connectivity index (χ0n) is 11.6. The summed E-state index contributed by atoms with van der Waals surface area (Å²) >= 11 is 0. The summed E-state index contributed by atoms with van der Waals surface area (Å²) < 4.78 is 0. The number of amides is 2. The van der Waals surface area contributed by atoms with E-state index in [1.165, 1.54) is 4.90 Å². The molecule has 4 unspecified atom stereocenters. The van der Waals surface area contributed by atoms with Crippen molar-refractivity contribution in [2.75, 3.05) is 6.54 Å². The van der Waals surface area contributed by atoms with Gasteiger partial charge < -0.3 is 5.11 Å². The van der Waals surface area contributed by atoms with Crippen molar-refractivity contribution < 1.29 is 19.5 Å². The van der Waals surface area contributed by atoms with Crippen LogP contribution in [0, 0.1) is 23.7 Å². The molecule has 0 aromatic heterocycles. The smallest absolute Gasteiger partial charge is 0.306 e. The van der Waals surface area contributed by atoms with Crippen LogP contribution in [0.4, 0.5) is 0 Å². The fourth-order valence-corrected chi connectivity index (χ4v) is 4.15. The summed E-state index contributed by atoms with van der Waals surface area (Å²) in [4.78, 5) is 37.3. The number of carbonyl (C=O) groups is 3. The molecule has 1 aliphatic heterocycles. The summed E-state index contributed by atoms with van der Waals surface area (Å²) in [6.07, 6.45) is 5.75. The Bertz CT molecular complexity index is 425. The molecule has 0 aromatic carbocycles. The van der Waals surface area contributed by atoms with E-state index < -0.39 is 11.9 Å². The number of aliphatic carboxylic acids is 1. The molecule has 5 nitrogen and oxygen atoms in total. The minimum atomic E-state index is -0.783. The highest BCUT2D eigenvalue weighted by atomic mass is 16.4. The lowest BCUT2D eigenvalue weighted by molar-refractivity contribution is -0.156. The second-order valence-electron chi connectivity index (χ2n) is 6.48. The first kappa shape index (κ1) is 13.6. The maximum absolute atomic E-state index is 12.3. The largest absolute Gasteiger partial charge is 0.481 e. The second kappa shape index (κ2) is 5.19. The molecule has 0 spiro atoms. The van der Waals surface area contributed by atoms with Gasteiger partial charge in [0.05, 0.1) is 5.92 Å². The summed E-state index contributed by atoms with van der Waals surface area (Å²) in [6, 6.07) is 0. The zero-order chi connectivity index (χ0) is 14.3. The summed E-state index contributed by atoms with van der Waals surface area (Å²) in [5.74, 6) is -1.35. The molecule has 3 aliphatic rings. The second-order valence-corrected chi connectivity index (χ2v) is 6.48. The summed E-state index contributed by atoms with van der Waals surface area (Å²) in [5, 5.41) is 9.30. The third-order valence-electron chi connectivity index (χ3n) is 5.31. The topological polar surface area (TPSA) is 74.7 Å². The molecule has 2 aliphatic carbocycles. The van der Waals surface area contributed by atoms with Gasteiger partial charge in [-0.15, -0.1) is 0 Å². The molecular weight excluding hydrogens is 258 g/mol. The van der Waals surface area contributed by atoms with E-state index >= 15 is 0 Å². The molecule has 20 heavy (non-hydrogen) atoms. The number of hydrogen-bond acceptors (Lipinski definition) is 3. The van der Waals surface area contributed by atoms with Crippen molar-refractivity contribution in [3.05, 3.63) is 0 Å². The first-order chi connectivity index (χ1) is 9.58. The number of hydrogen-bond donors (Lipinski definition) is 1. The van der Waals surface area contributed by atoms with Gasteiger partial charge in [-0.2, -0.15) is 0 Å². The van der Waals surface area contributed by atoms with Gasteiger partial charge in [-0.3, -0.25) is 19.3 Å². The molecule has 0 aromatic rings. The Morgan fingerprint density at radius 3 is 2.25 bits per heavy atom. The van der Waals surface area contributed by atoms with Gasteiger partial charge in [0, 0.05) is 18.4 Å². The van der Waals surface area contributed by atoms with Crippen molar-refractivity contribution in [2.45, 2.75) is 44.9 Å². The maximum Gasteiger partial charge on any atom is 0.306 e. The molecule has 3 rings (SSSR count). The molecule has 5 heteroatoms. The number of nitrogens with zero attached hydrogens (tertiary/aromatic N) is 1. The Morgan fingerprint density at radius 2 is 1.65 bits per heavy atom. The number of carboxylic acid groups (broad SMARTS) is 1. The van der Waals surface area contributed by atoms with Crippen molar-refractivity contribution in [1.82, 2.24) is 4.90 Å². The fourth-order valence-electron chi connectivity index (χ4n) is 4.15. The van der Waals surface area contributed by atoms with Crippen molar-refractivity contribution >= 4 is 17.8 Å². The van der Waals surface area contributed by atoms with Crippen LogP contribution in [0.3, 0.4) is 0 Å². The average molecular weight is 279 g/mol. The normalized spacial score (nSPS) is 37.3. The van der Waals surface area contributed by atoms with Crippen LogP contribution in [0.25, 0.3) is 0 Å². The van der Waals surface area contributed by atoms with Gasteiger partial charge in [0.2, 0.25) is 11.8 Å². The van der Waals surface area contributed by atoms with E-state index in [1.807, 2.05) is 0 Å². The van der Waals surface area contributed by atoms with E-state index in [0.717, 1.165) is 32.1 Å². The number of likely N-dealkylation sites (tertiary alicyclic amines) is 1. The highest BCUT2D eigenvalue weighted by molar-refractivity contribution is 6.00. The molecule has 3 fully saturated rings. The van der Waals surface area contributed by atoms with Crippen molar-refractivity contribution in [3.8, 4) is 0 Å². The van der Waals surface area contributed by atoms with E-state index in [0.29, 0.717) is 19.4 Å². The first-order valence-corrected chi connectivity index (χ1v) is 7.66. The lowest BCUT2D eigenvalue weighted by Gasteiger charge is -2.36. The molecule has 2 saturated carbocycles. The molecular formula is C15H21NO4. The molecule has 1 saturated heterocycles. The van der Waals surface area contributed by atoms with Crippen LogP contribution in [-0.2, 0) is 14.4 Å². The standard InChI is InChI=1S/C15H21NO4/c17-13-9-5-6-10(7-9)14(18)16(13)8-11-3-1-2-4-12(11)15(19)20/h9-12H,1-8H2,(H,19,20). The number of fused-ring (bicyclic) bond motifs is 2. The van der Waals surface area contributed by atoms with E-state index in [9.17, 15) is 19.5 Å². The summed E-state index contributed by atoms with van der Waals surface area (Å²) in [5.41, 5.74) is 0. The third-order valence-corrected chi connectivity index (χ3v) is 5.31. The van der Waals surface area contributed by atoms with Crippen molar-refractivity contribution in [3.63, 3.8) is 0 Å². The number of imide groups is 1. The van der Waals surface area contributed by atoms with Crippen LogP contribution in [0.1, 0.15) is 44.9 Å². The van der Waals surface area contributed by atoms with Gasteiger partial charge in [0.15, 0.2) is 0 Å². The zero-order valence-corrected chi connectivity index (χ0v) is 11.6. The average Bonchev–Trinajstić information content (AvgIpc) is 2.89. The minimum absolute atomic E-state index is 0.00423. The van der Waals surface area contributed by atoms with Crippen LogP contribution in [0.5, 0.6) is 0 Å². The predicted molar refractivity (Wildman–Crippen MR) is 70.6 cm³/mol. The SMILES string of the molecule is O=C(O)C1CCCCC1CN1C(=O)C2CCC(C2)C1=O. The van der Waals surface area contributed by atoms with Gasteiger partial charge in [0.1, 0.15) is 0 Å². The quantitative estimate of drug-likeness (QED) is 0.797. The van der Waals surface area contributed by atoms with E-state index in [2.05, 4.69) is 0 Å². The molecule has 110 valence electrons. The monoisotopic (exact) mass is 279 g/mol. The highest BCUT2D eigenvalue weighted by Crippen LogP contribution is 2.40. The van der Waals surface area contributed by atoms with E-state index in [1.54, 1.807) is 0 Å². The molecule has 2 bridgehead atoms. The van der Waals surface area contributed by atoms with E-state index in [-0.39, 0.29) is 29.6 Å². The van der Waals surface area contributed by atoms with Crippen LogP contribution in [-0.4, -0.2) is 34.3 Å². The molecule has 4 atom stereocenters. The summed E-state index contributed by atoms with van der Waals surface area (Å²) in [6.45, 7) is 0.321. The number of carbonyl (C=O) groups excluding carboxylic acids is 2. The van der Waals surface area contributed by atoms with Gasteiger partial charge >= 0.3 is 5.97 Å². The maximum atomic E-state index is 12.3. The molecule has 1 N–H and O–H groups in total. The lowest BCUT2D eigenvalue weighted by Crippen LogP contribution is -2.49. The Balaban J connectivity index is 1.74. The van der Waals surface area contributed by atoms with E-state index in [4.69, 9.17) is 0 Å². The Kier molecular flexibility index (Phi) is 3.52. The Hall–Kier alpha value is -1.39. The number of piperidine rings is 1. The van der Waals surface area contributed by atoms with Crippen LogP contribution in [0.2, 0.25) is 0 Å². The van der Waals surface area contributed by atoms with Crippen LogP contribution >= 0.6 is 0 Å². The fraction of sp³-hybridized carbons (Fsp3) is 0.800. The number of rotatable bonds is 3. The summed E-state index contributed by atoms with van der Waals surface area (Å²) in [7, 11) is 0. The van der Waals surface area contributed by atoms with Gasteiger partial charge in [-0.1, -0.05) is 12.8 Å². The molecule has 2 amide bonds. The Morgan fingerprint density at radius 1 is 1.05 bits per heavy atom. The predicted octanol–water partition coefficient (Wildman–Crippen LogP) is 1.66. The molecule has 1 heterocycles. The minimum Gasteiger partial charge on any atom is -0.481 e. The Labute approximate surface area is 118 Å². The van der Waals surface area contributed by atoms with Gasteiger partial charge in [-0.25, -0.2) is 0 Å². The lowest BCUT2D eigenvalue weighted by atomic mass is 9.78. The van der Waals surface area contributed by atoms with Crippen LogP contribution < -0.4 is 0 Å². The first-order valence-electron chi connectivity index (χ1n) is 7.66. The number of carboxylic acids is 1. The van der Waals surface area contributed by atoms with Gasteiger partial charge in [0.25, 0.3) is 0 Å². The molecule has 0 radical (unpaired) electrons. The third kappa shape index (κ3) is 2.23.